The molecule has 15 nitrogen and oxygen atoms in total. The van der Waals surface area contributed by atoms with Crippen LogP contribution in [0.4, 0.5) is 25.3 Å². The van der Waals surface area contributed by atoms with Gasteiger partial charge in [0.2, 0.25) is 17.7 Å². The zero-order chi connectivity index (χ0) is 46.7. The lowest BCUT2D eigenvalue weighted by molar-refractivity contribution is -0.146. The number of nitrogens with one attached hydrogen (secondary N) is 3. The molecule has 3 N–H and O–H groups in total. The first-order valence-corrected chi connectivity index (χ1v) is 24.5. The summed E-state index contributed by atoms with van der Waals surface area (Å²) in [4.78, 5) is 81.8. The summed E-state index contributed by atoms with van der Waals surface area (Å²) in [6, 6.07) is 14.6. The molecule has 1 unspecified atom stereocenters. The first-order valence-electron chi connectivity index (χ1n) is 23.6. The summed E-state index contributed by atoms with van der Waals surface area (Å²) in [5.74, 6) is -2.18. The molecular weight excluding hydrogens is 891 g/mol. The van der Waals surface area contributed by atoms with E-state index < -0.39 is 35.6 Å². The third-order valence-electron chi connectivity index (χ3n) is 15.0. The lowest BCUT2D eigenvalue weighted by Crippen LogP contribution is -2.63. The summed E-state index contributed by atoms with van der Waals surface area (Å²) in [6.07, 6.45) is 9.01. The molecule has 4 saturated heterocycles. The molecule has 8 heterocycles. The highest BCUT2D eigenvalue weighted by Gasteiger charge is 2.47. The van der Waals surface area contributed by atoms with Crippen LogP contribution < -0.4 is 20.9 Å². The second-order valence-electron chi connectivity index (χ2n) is 19.2. The number of anilines is 3. The number of aromatic nitrogens is 3. The molecule has 0 bridgehead atoms. The van der Waals surface area contributed by atoms with Crippen molar-refractivity contribution in [2.75, 3.05) is 61.3 Å². The molecule has 2 aromatic heterocycles. The fourth-order valence-electron chi connectivity index (χ4n) is 11.2. The van der Waals surface area contributed by atoms with Gasteiger partial charge in [0.05, 0.1) is 25.1 Å². The third-order valence-corrected chi connectivity index (χ3v) is 15.7. The van der Waals surface area contributed by atoms with Gasteiger partial charge in [-0.3, -0.25) is 39.5 Å². The quantitative estimate of drug-likeness (QED) is 0.132. The fourth-order valence-corrected chi connectivity index (χ4v) is 11.7. The molecule has 352 valence electrons. The number of hydrogen-bond donors (Lipinski definition) is 3. The van der Waals surface area contributed by atoms with Crippen LogP contribution in [-0.4, -0.2) is 111 Å². The number of carbonyl (C=O) groups excluding carboxylic acids is 5. The van der Waals surface area contributed by atoms with E-state index in [2.05, 4.69) is 35.7 Å². The molecule has 3 aromatic carbocycles. The Morgan fingerprint density at radius 1 is 0.882 bits per heavy atom. The number of imidazole rings is 1. The van der Waals surface area contributed by atoms with Crippen LogP contribution in [-0.2, 0) is 38.7 Å². The van der Waals surface area contributed by atoms with E-state index in [1.54, 1.807) is 36.1 Å². The normalized spacial score (nSPS) is 20.8. The van der Waals surface area contributed by atoms with Crippen LogP contribution in [0.3, 0.4) is 0 Å². The summed E-state index contributed by atoms with van der Waals surface area (Å²) in [6.45, 7) is 5.73. The maximum absolute atomic E-state index is 16.0. The number of benzene rings is 3. The van der Waals surface area contributed by atoms with Crippen molar-refractivity contribution in [1.82, 2.24) is 34.6 Å². The number of carbonyl (C=O) groups is 5. The molecule has 18 heteroatoms. The molecule has 0 saturated carbocycles. The fraction of sp³-hybridized carbons (Fsp3) is 0.420. The van der Waals surface area contributed by atoms with Crippen molar-refractivity contribution >= 4 is 57.4 Å². The van der Waals surface area contributed by atoms with Gasteiger partial charge in [-0.25, -0.2) is 18.7 Å². The van der Waals surface area contributed by atoms with Gasteiger partial charge in [-0.2, -0.15) is 0 Å². The number of piperidine rings is 3. The molecule has 4 fully saturated rings. The second-order valence-corrected chi connectivity index (χ2v) is 20.1. The zero-order valence-electron chi connectivity index (χ0n) is 37.5. The molecule has 2 atom stereocenters. The van der Waals surface area contributed by atoms with Crippen molar-refractivity contribution in [3.63, 3.8) is 0 Å². The lowest BCUT2D eigenvalue weighted by Gasteiger charge is -2.54. The predicted molar refractivity (Wildman–Crippen MR) is 251 cm³/mol. The number of halogens is 2. The molecule has 0 aliphatic carbocycles. The van der Waals surface area contributed by atoms with Gasteiger partial charge in [0, 0.05) is 84.3 Å². The van der Waals surface area contributed by atoms with Crippen LogP contribution in [0.2, 0.25) is 0 Å². The van der Waals surface area contributed by atoms with Crippen molar-refractivity contribution in [3.8, 4) is 11.1 Å². The summed E-state index contributed by atoms with van der Waals surface area (Å²) in [5, 5.41) is 10.4. The average Bonchev–Trinajstić information content (AvgIpc) is 4.15. The Hall–Kier alpha value is -6.53. The number of amides is 5. The van der Waals surface area contributed by atoms with E-state index in [-0.39, 0.29) is 53.1 Å². The number of aryl methyl sites for hydroxylation is 1. The van der Waals surface area contributed by atoms with Gasteiger partial charge < -0.3 is 24.6 Å². The molecule has 5 amide bonds. The summed E-state index contributed by atoms with van der Waals surface area (Å²) in [5.41, 5.74) is 5.60. The van der Waals surface area contributed by atoms with Crippen molar-refractivity contribution < 1.29 is 32.8 Å². The number of rotatable bonds is 11. The summed E-state index contributed by atoms with van der Waals surface area (Å²) < 4.78 is 33.3. The van der Waals surface area contributed by atoms with E-state index in [4.69, 9.17) is 0 Å². The topological polar surface area (TPSA) is 165 Å². The van der Waals surface area contributed by atoms with Gasteiger partial charge in [0.1, 0.15) is 17.7 Å². The zero-order valence-corrected chi connectivity index (χ0v) is 38.3. The minimum Gasteiger partial charge on any atom is -0.374 e. The smallest absolute Gasteiger partial charge is 0.255 e. The van der Waals surface area contributed by atoms with Crippen LogP contribution in [0.1, 0.15) is 89.8 Å². The van der Waals surface area contributed by atoms with Crippen molar-refractivity contribution in [2.24, 2.45) is 5.41 Å². The number of thiazole rings is 1. The van der Waals surface area contributed by atoms with Gasteiger partial charge in [-0.15, -0.1) is 11.3 Å². The van der Waals surface area contributed by atoms with Gasteiger partial charge in [-0.05, 0) is 117 Å². The first-order chi connectivity index (χ1) is 33.0. The van der Waals surface area contributed by atoms with E-state index in [9.17, 15) is 24.0 Å². The van der Waals surface area contributed by atoms with Gasteiger partial charge >= 0.3 is 0 Å². The molecule has 1 spiro atoms. The highest BCUT2D eigenvalue weighted by molar-refractivity contribution is 7.13. The Bertz CT molecular complexity index is 2790. The Morgan fingerprint density at radius 3 is 2.41 bits per heavy atom. The van der Waals surface area contributed by atoms with Gasteiger partial charge in [0.15, 0.2) is 11.2 Å². The monoisotopic (exact) mass is 942 g/mol. The molecule has 68 heavy (non-hydrogen) atoms. The van der Waals surface area contributed by atoms with Crippen LogP contribution in [0.5, 0.6) is 0 Å². The largest absolute Gasteiger partial charge is 0.374 e. The van der Waals surface area contributed by atoms with E-state index in [1.807, 2.05) is 33.7 Å². The van der Waals surface area contributed by atoms with Gasteiger partial charge in [0.25, 0.3) is 11.8 Å². The molecule has 5 aromatic rings. The average molecular weight is 943 g/mol. The molecule has 6 aliphatic heterocycles. The first kappa shape index (κ1) is 44.0. The Kier molecular flexibility index (Phi) is 11.5. The third kappa shape index (κ3) is 8.41. The number of likely N-dealkylation sites (tertiary alicyclic amines) is 2. The lowest BCUT2D eigenvalue weighted by atomic mass is 9.72. The minimum atomic E-state index is -1.05. The second kappa shape index (κ2) is 17.8. The molecule has 11 rings (SSSR count). The van der Waals surface area contributed by atoms with Crippen LogP contribution in [0.15, 0.2) is 72.5 Å². The Labute approximate surface area is 395 Å². The summed E-state index contributed by atoms with van der Waals surface area (Å²) in [7, 11) is 0. The van der Waals surface area contributed by atoms with Crippen LogP contribution >= 0.6 is 11.3 Å². The number of fused-ring (bicyclic) bond motifs is 2. The van der Waals surface area contributed by atoms with E-state index in [0.29, 0.717) is 53.7 Å². The van der Waals surface area contributed by atoms with E-state index in [1.165, 1.54) is 28.4 Å². The predicted octanol–water partition coefficient (Wildman–Crippen LogP) is 6.09. The van der Waals surface area contributed by atoms with Crippen molar-refractivity contribution in [3.05, 3.63) is 112 Å². The Balaban J connectivity index is 0.662. The maximum atomic E-state index is 16.0. The van der Waals surface area contributed by atoms with Crippen molar-refractivity contribution in [2.45, 2.75) is 82.5 Å². The maximum Gasteiger partial charge on any atom is 0.255 e. The van der Waals surface area contributed by atoms with E-state index in [0.717, 1.165) is 88.2 Å². The standard InChI is InChI=1S/C50H52F2N10O5S/c51-38-23-32(22-36-37(38)25-62(48(36)67)45(47(66)57-49-53-15-21-68-49)44-41-2-1-16-60(41)29-54-44)30-3-6-34(7-4-30)59-19-13-50(14-20-59)27-61(28-50)43(64)26-58-17-11-31(12-18-58)35-8-5-33(24-39(35)52)55-40-9-10-42(63)56-46(40)65/h3-8,15,21-24,29,31,40,45,55H,1-2,9-14,16-20,25-28H2,(H,53,57,66)(H,56,63,65)/t40-,45?/m0/s1. The van der Waals surface area contributed by atoms with E-state index >= 15 is 8.78 Å². The highest BCUT2D eigenvalue weighted by Crippen LogP contribution is 2.43. The number of imide groups is 1. The van der Waals surface area contributed by atoms with Gasteiger partial charge in [-0.1, -0.05) is 18.2 Å². The molecular formula is C50H52F2N10O5S. The van der Waals surface area contributed by atoms with Crippen LogP contribution in [0.25, 0.3) is 11.1 Å². The van der Waals surface area contributed by atoms with Crippen molar-refractivity contribution in [1.29, 1.82) is 0 Å². The molecule has 6 aliphatic rings. The SMILES string of the molecule is O=C1CC[C@H](Nc2ccc(C3CCN(CC(=O)N4CC5(CCN(c6ccc(-c7cc(F)c8c(c7)C(=O)N(C(C(=O)Nc7nccs7)c7ncn9c7CCC9)C8)cc6)CC5)C4)CC3)c(F)c2)C(=O)N1. The molecule has 0 radical (unpaired) electrons. The highest BCUT2D eigenvalue weighted by atomic mass is 32.1. The Morgan fingerprint density at radius 2 is 1.68 bits per heavy atom. The van der Waals surface area contributed by atoms with Crippen LogP contribution in [0, 0.1) is 17.0 Å². The minimum absolute atomic E-state index is 0.0454. The number of nitrogens with zero attached hydrogens (tertiary/aromatic N) is 7. The number of hydrogen-bond acceptors (Lipinski definition) is 11. The summed E-state index contributed by atoms with van der Waals surface area (Å²) >= 11 is 1.28.